The molecule has 0 spiro atoms. The van der Waals surface area contributed by atoms with E-state index in [-0.39, 0.29) is 18.6 Å². The normalized spacial score (nSPS) is 16.3. The zero-order chi connectivity index (χ0) is 18.4. The quantitative estimate of drug-likeness (QED) is 0.719. The standard InChI is InChI=1S/C19H20Cl2N2O3/c20-13-3-8-18(17(21)10-13)22-11-19(24)23-14-4-6-15(7-5-14)26-12-16-2-1-9-25-16/h3-8,10,16,22H,1-2,9,11-12H2,(H,23,24). The summed E-state index contributed by atoms with van der Waals surface area (Å²) in [6.07, 6.45) is 2.31. The second-order valence-corrected chi connectivity index (χ2v) is 6.84. The Morgan fingerprint density at radius 3 is 2.69 bits per heavy atom. The predicted octanol–water partition coefficient (Wildman–Crippen LogP) is 4.60. The van der Waals surface area contributed by atoms with Gasteiger partial charge in [-0.1, -0.05) is 23.2 Å². The van der Waals surface area contributed by atoms with Crippen LogP contribution < -0.4 is 15.4 Å². The van der Waals surface area contributed by atoms with Crippen molar-refractivity contribution in [2.45, 2.75) is 18.9 Å². The second kappa shape index (κ2) is 9.12. The van der Waals surface area contributed by atoms with Gasteiger partial charge in [-0.25, -0.2) is 0 Å². The first-order valence-corrected chi connectivity index (χ1v) is 9.19. The van der Waals surface area contributed by atoms with Crippen molar-refractivity contribution < 1.29 is 14.3 Å². The minimum atomic E-state index is -0.177. The Kier molecular flexibility index (Phi) is 6.61. The van der Waals surface area contributed by atoms with Crippen LogP contribution in [0.4, 0.5) is 11.4 Å². The van der Waals surface area contributed by atoms with Crippen LogP contribution in [0.2, 0.25) is 10.0 Å². The van der Waals surface area contributed by atoms with Gasteiger partial charge in [-0.3, -0.25) is 4.79 Å². The SMILES string of the molecule is O=C(CNc1ccc(Cl)cc1Cl)Nc1ccc(OCC2CCCO2)cc1. The molecule has 0 saturated carbocycles. The Bertz CT molecular complexity index is 747. The summed E-state index contributed by atoms with van der Waals surface area (Å²) in [6, 6.07) is 12.3. The third-order valence-corrected chi connectivity index (χ3v) is 4.52. The lowest BCUT2D eigenvalue weighted by molar-refractivity contribution is -0.114. The van der Waals surface area contributed by atoms with E-state index in [2.05, 4.69) is 10.6 Å². The molecular weight excluding hydrogens is 375 g/mol. The number of amides is 1. The summed E-state index contributed by atoms with van der Waals surface area (Å²) >= 11 is 11.9. The monoisotopic (exact) mass is 394 g/mol. The number of anilines is 2. The summed E-state index contributed by atoms with van der Waals surface area (Å²) in [7, 11) is 0. The van der Waals surface area contributed by atoms with E-state index in [0.717, 1.165) is 25.2 Å². The smallest absolute Gasteiger partial charge is 0.243 e. The van der Waals surface area contributed by atoms with Crippen molar-refractivity contribution in [3.8, 4) is 5.75 Å². The number of ether oxygens (including phenoxy) is 2. The number of carbonyl (C=O) groups is 1. The van der Waals surface area contributed by atoms with Crippen LogP contribution in [0.15, 0.2) is 42.5 Å². The maximum atomic E-state index is 12.1. The molecule has 0 aromatic heterocycles. The van der Waals surface area contributed by atoms with Gasteiger partial charge in [0, 0.05) is 17.3 Å². The van der Waals surface area contributed by atoms with Gasteiger partial charge in [0.05, 0.1) is 23.4 Å². The maximum Gasteiger partial charge on any atom is 0.243 e. The van der Waals surface area contributed by atoms with Crippen molar-refractivity contribution in [3.05, 3.63) is 52.5 Å². The Labute approximate surface area is 162 Å². The lowest BCUT2D eigenvalue weighted by Gasteiger charge is -2.12. The maximum absolute atomic E-state index is 12.1. The van der Waals surface area contributed by atoms with Crippen LogP contribution in [-0.4, -0.2) is 31.8 Å². The molecule has 1 aliphatic heterocycles. The van der Waals surface area contributed by atoms with Crippen molar-refractivity contribution in [2.75, 3.05) is 30.4 Å². The molecule has 26 heavy (non-hydrogen) atoms. The van der Waals surface area contributed by atoms with Crippen molar-refractivity contribution >= 4 is 40.5 Å². The Morgan fingerprint density at radius 1 is 1.19 bits per heavy atom. The number of hydrogen-bond acceptors (Lipinski definition) is 4. The molecule has 1 atom stereocenters. The van der Waals surface area contributed by atoms with Crippen molar-refractivity contribution in [2.24, 2.45) is 0 Å². The fourth-order valence-electron chi connectivity index (χ4n) is 2.61. The van der Waals surface area contributed by atoms with E-state index in [1.165, 1.54) is 0 Å². The third kappa shape index (κ3) is 5.53. The summed E-state index contributed by atoms with van der Waals surface area (Å²) < 4.78 is 11.2. The second-order valence-electron chi connectivity index (χ2n) is 6.00. The highest BCUT2D eigenvalue weighted by atomic mass is 35.5. The molecule has 1 saturated heterocycles. The summed E-state index contributed by atoms with van der Waals surface area (Å²) in [5.41, 5.74) is 1.35. The fourth-order valence-corrected chi connectivity index (χ4v) is 3.09. The number of benzene rings is 2. The van der Waals surface area contributed by atoms with Crippen LogP contribution >= 0.6 is 23.2 Å². The van der Waals surface area contributed by atoms with Gasteiger partial charge in [0.2, 0.25) is 5.91 Å². The van der Waals surface area contributed by atoms with Crippen molar-refractivity contribution in [1.29, 1.82) is 0 Å². The first kappa shape index (κ1) is 18.8. The first-order chi connectivity index (χ1) is 12.6. The lowest BCUT2D eigenvalue weighted by atomic mass is 10.2. The topological polar surface area (TPSA) is 59.6 Å². The van der Waals surface area contributed by atoms with E-state index in [4.69, 9.17) is 32.7 Å². The molecule has 0 bridgehead atoms. The Balaban J connectivity index is 1.44. The molecule has 2 N–H and O–H groups in total. The van der Waals surface area contributed by atoms with Gasteiger partial charge >= 0.3 is 0 Å². The number of rotatable bonds is 7. The largest absolute Gasteiger partial charge is 0.491 e. The van der Waals surface area contributed by atoms with E-state index in [1.807, 2.05) is 12.1 Å². The average molecular weight is 395 g/mol. The van der Waals surface area contributed by atoms with Gasteiger partial charge < -0.3 is 20.1 Å². The van der Waals surface area contributed by atoms with Crippen molar-refractivity contribution in [3.63, 3.8) is 0 Å². The zero-order valence-electron chi connectivity index (χ0n) is 14.1. The average Bonchev–Trinajstić information content (AvgIpc) is 3.14. The molecule has 3 rings (SSSR count). The van der Waals surface area contributed by atoms with Gasteiger partial charge in [-0.15, -0.1) is 0 Å². The zero-order valence-corrected chi connectivity index (χ0v) is 15.6. The summed E-state index contributed by atoms with van der Waals surface area (Å²) in [6.45, 7) is 1.46. The highest BCUT2D eigenvalue weighted by Gasteiger charge is 2.15. The molecule has 5 nitrogen and oxygen atoms in total. The molecule has 1 heterocycles. The molecule has 0 radical (unpaired) electrons. The van der Waals surface area contributed by atoms with Crippen LogP contribution in [0, 0.1) is 0 Å². The third-order valence-electron chi connectivity index (χ3n) is 3.97. The summed E-state index contributed by atoms with van der Waals surface area (Å²) in [4.78, 5) is 12.1. The molecule has 2 aromatic carbocycles. The molecule has 0 aliphatic carbocycles. The van der Waals surface area contributed by atoms with E-state index in [0.29, 0.717) is 28.0 Å². The summed E-state index contributed by atoms with van der Waals surface area (Å²) in [5.74, 6) is 0.577. The Morgan fingerprint density at radius 2 is 2.00 bits per heavy atom. The molecule has 7 heteroatoms. The predicted molar refractivity (Wildman–Crippen MR) is 104 cm³/mol. The highest BCUT2D eigenvalue weighted by Crippen LogP contribution is 2.25. The molecule has 138 valence electrons. The first-order valence-electron chi connectivity index (χ1n) is 8.43. The van der Waals surface area contributed by atoms with Crippen molar-refractivity contribution in [1.82, 2.24) is 0 Å². The number of nitrogens with one attached hydrogen (secondary N) is 2. The molecular formula is C19H20Cl2N2O3. The molecule has 2 aromatic rings. The van der Waals surface area contributed by atoms with Crippen LogP contribution in [-0.2, 0) is 9.53 Å². The lowest BCUT2D eigenvalue weighted by Crippen LogP contribution is -2.21. The molecule has 1 unspecified atom stereocenters. The molecule has 1 fully saturated rings. The van der Waals surface area contributed by atoms with Gasteiger partial charge in [0.15, 0.2) is 0 Å². The highest BCUT2D eigenvalue weighted by molar-refractivity contribution is 6.36. The Hall–Kier alpha value is -1.95. The minimum absolute atomic E-state index is 0.0959. The molecule has 1 amide bonds. The van der Waals surface area contributed by atoms with Crippen LogP contribution in [0.1, 0.15) is 12.8 Å². The van der Waals surface area contributed by atoms with E-state index >= 15 is 0 Å². The minimum Gasteiger partial charge on any atom is -0.491 e. The summed E-state index contributed by atoms with van der Waals surface area (Å²) in [5, 5.41) is 6.82. The van der Waals surface area contributed by atoms with Gasteiger partial charge in [0.1, 0.15) is 12.4 Å². The van der Waals surface area contributed by atoms with Gasteiger partial charge in [0.25, 0.3) is 0 Å². The van der Waals surface area contributed by atoms with Crippen LogP contribution in [0.25, 0.3) is 0 Å². The van der Waals surface area contributed by atoms with Crippen LogP contribution in [0.5, 0.6) is 5.75 Å². The van der Waals surface area contributed by atoms with Crippen LogP contribution in [0.3, 0.4) is 0 Å². The van der Waals surface area contributed by atoms with E-state index in [1.54, 1.807) is 30.3 Å². The van der Waals surface area contributed by atoms with E-state index in [9.17, 15) is 4.79 Å². The molecule has 1 aliphatic rings. The van der Waals surface area contributed by atoms with E-state index < -0.39 is 0 Å². The fraction of sp³-hybridized carbons (Fsp3) is 0.316. The van der Waals surface area contributed by atoms with Gasteiger partial charge in [-0.2, -0.15) is 0 Å². The number of halogens is 2. The van der Waals surface area contributed by atoms with Gasteiger partial charge in [-0.05, 0) is 55.3 Å². The number of carbonyl (C=O) groups excluding carboxylic acids is 1. The number of hydrogen-bond donors (Lipinski definition) is 2.